The highest BCUT2D eigenvalue weighted by molar-refractivity contribution is 5.07. The van der Waals surface area contributed by atoms with Gasteiger partial charge in [-0.3, -0.25) is 4.90 Å². The molecule has 86 valence electrons. The van der Waals surface area contributed by atoms with E-state index in [1.54, 1.807) is 0 Å². The fraction of sp³-hybridized carbons (Fsp3) is 0.833. The van der Waals surface area contributed by atoms with Crippen LogP contribution in [-0.4, -0.2) is 49.0 Å². The average molecular weight is 211 g/mol. The smallest absolute Gasteiger partial charge is 0.0622 e. The largest absolute Gasteiger partial charge is 0.394 e. The van der Waals surface area contributed by atoms with E-state index in [0.717, 1.165) is 26.3 Å². The number of ether oxygens (including phenoxy) is 1. The maximum Gasteiger partial charge on any atom is 0.0622 e. The molecule has 0 saturated heterocycles. The number of hydrogen-bond acceptors (Lipinski definition) is 3. The quantitative estimate of drug-likeness (QED) is 0.666. The summed E-state index contributed by atoms with van der Waals surface area (Å²) in [6.45, 7) is 6.04. The van der Waals surface area contributed by atoms with Crippen LogP contribution in [0.1, 0.15) is 19.8 Å². The fourth-order valence-electron chi connectivity index (χ4n) is 2.24. The van der Waals surface area contributed by atoms with Crippen molar-refractivity contribution in [2.45, 2.75) is 25.8 Å². The highest BCUT2D eigenvalue weighted by atomic mass is 16.5. The number of rotatable bonds is 6. The Kier molecular flexibility index (Phi) is 3.44. The Bertz CT molecular complexity index is 236. The maximum absolute atomic E-state index is 9.21. The fourth-order valence-corrected chi connectivity index (χ4v) is 2.24. The summed E-state index contributed by atoms with van der Waals surface area (Å²) in [6.07, 6.45) is 6.82. The third kappa shape index (κ3) is 2.60. The van der Waals surface area contributed by atoms with E-state index >= 15 is 0 Å². The Morgan fingerprint density at radius 1 is 1.53 bits per heavy atom. The molecule has 2 rings (SSSR count). The van der Waals surface area contributed by atoms with Crippen LogP contribution in [0.25, 0.3) is 0 Å². The zero-order valence-electron chi connectivity index (χ0n) is 9.48. The summed E-state index contributed by atoms with van der Waals surface area (Å²) < 4.78 is 5.53. The van der Waals surface area contributed by atoms with Gasteiger partial charge in [-0.2, -0.15) is 0 Å². The van der Waals surface area contributed by atoms with Gasteiger partial charge in [0, 0.05) is 25.1 Å². The van der Waals surface area contributed by atoms with Crippen molar-refractivity contribution in [2.75, 3.05) is 32.9 Å². The highest BCUT2D eigenvalue weighted by Crippen LogP contribution is 2.47. The topological polar surface area (TPSA) is 32.7 Å². The summed E-state index contributed by atoms with van der Waals surface area (Å²) in [4.78, 5) is 2.35. The summed E-state index contributed by atoms with van der Waals surface area (Å²) in [5, 5.41) is 9.21. The summed E-state index contributed by atoms with van der Waals surface area (Å²) in [5.41, 5.74) is 0.398. The lowest BCUT2D eigenvalue weighted by atomic mass is 10.1. The van der Waals surface area contributed by atoms with Gasteiger partial charge in [0.2, 0.25) is 0 Å². The van der Waals surface area contributed by atoms with Gasteiger partial charge in [-0.1, -0.05) is 12.2 Å². The predicted octanol–water partition coefficient (Wildman–Crippen LogP) is 1.04. The number of hydrogen-bond donors (Lipinski definition) is 1. The minimum atomic E-state index is 0.237. The van der Waals surface area contributed by atoms with Gasteiger partial charge < -0.3 is 9.84 Å². The van der Waals surface area contributed by atoms with Crippen molar-refractivity contribution in [1.29, 1.82) is 0 Å². The van der Waals surface area contributed by atoms with Crippen LogP contribution in [0, 0.1) is 5.41 Å². The number of aliphatic hydroxyl groups is 1. The standard InChI is InChI=1S/C12H21NO2/c1-2-15-10-12(5-6-12)9-13-7-3-4-11(13)8-14/h3-4,11,14H,2,5-10H2,1H3. The van der Waals surface area contributed by atoms with Crippen molar-refractivity contribution in [3.63, 3.8) is 0 Å². The van der Waals surface area contributed by atoms with E-state index in [2.05, 4.69) is 17.1 Å². The third-order valence-corrected chi connectivity index (χ3v) is 3.46. The summed E-state index contributed by atoms with van der Waals surface area (Å²) in [7, 11) is 0. The van der Waals surface area contributed by atoms with Crippen molar-refractivity contribution in [3.05, 3.63) is 12.2 Å². The first-order valence-electron chi connectivity index (χ1n) is 5.89. The van der Waals surface area contributed by atoms with Crippen LogP contribution in [0.3, 0.4) is 0 Å². The van der Waals surface area contributed by atoms with Gasteiger partial charge in [-0.25, -0.2) is 0 Å². The van der Waals surface area contributed by atoms with Crippen LogP contribution < -0.4 is 0 Å². The van der Waals surface area contributed by atoms with Crippen LogP contribution in [0.15, 0.2) is 12.2 Å². The zero-order valence-corrected chi connectivity index (χ0v) is 9.48. The molecule has 0 spiro atoms. The minimum absolute atomic E-state index is 0.237. The molecule has 1 aliphatic heterocycles. The molecule has 1 saturated carbocycles. The summed E-state index contributed by atoms with van der Waals surface area (Å²) >= 11 is 0. The van der Waals surface area contributed by atoms with Gasteiger partial charge in [0.15, 0.2) is 0 Å². The zero-order chi connectivity index (χ0) is 10.7. The molecule has 1 N–H and O–H groups in total. The molecule has 1 atom stereocenters. The van der Waals surface area contributed by atoms with Crippen molar-refractivity contribution in [1.82, 2.24) is 4.90 Å². The first-order valence-corrected chi connectivity index (χ1v) is 5.89. The Morgan fingerprint density at radius 2 is 2.33 bits per heavy atom. The number of aliphatic hydroxyl groups excluding tert-OH is 1. The molecule has 0 amide bonds. The lowest BCUT2D eigenvalue weighted by Crippen LogP contribution is -2.38. The summed E-state index contributed by atoms with van der Waals surface area (Å²) in [6, 6.07) is 0.240. The maximum atomic E-state index is 9.21. The lowest BCUT2D eigenvalue weighted by molar-refractivity contribution is 0.0699. The molecule has 0 aromatic carbocycles. The van der Waals surface area contributed by atoms with Gasteiger partial charge in [0.25, 0.3) is 0 Å². The molecule has 2 aliphatic rings. The van der Waals surface area contributed by atoms with E-state index in [-0.39, 0.29) is 12.6 Å². The Hall–Kier alpha value is -0.380. The molecule has 3 heteroatoms. The van der Waals surface area contributed by atoms with E-state index < -0.39 is 0 Å². The molecule has 1 aliphatic carbocycles. The molecule has 0 radical (unpaired) electrons. The second-order valence-corrected chi connectivity index (χ2v) is 4.74. The molecule has 0 aromatic heterocycles. The van der Waals surface area contributed by atoms with Crippen molar-refractivity contribution >= 4 is 0 Å². The lowest BCUT2D eigenvalue weighted by Gasteiger charge is -2.27. The molecule has 1 unspecified atom stereocenters. The Balaban J connectivity index is 1.81. The van der Waals surface area contributed by atoms with Gasteiger partial charge >= 0.3 is 0 Å². The van der Waals surface area contributed by atoms with Crippen LogP contribution in [0.4, 0.5) is 0 Å². The van der Waals surface area contributed by atoms with E-state index in [0.29, 0.717) is 5.41 Å². The molecule has 15 heavy (non-hydrogen) atoms. The second kappa shape index (κ2) is 4.64. The van der Waals surface area contributed by atoms with E-state index in [9.17, 15) is 5.11 Å². The molecule has 0 bridgehead atoms. The molecular formula is C12H21NO2. The van der Waals surface area contributed by atoms with Crippen LogP contribution >= 0.6 is 0 Å². The van der Waals surface area contributed by atoms with Gasteiger partial charge in [-0.15, -0.1) is 0 Å². The highest BCUT2D eigenvalue weighted by Gasteiger charge is 2.45. The predicted molar refractivity (Wildman–Crippen MR) is 59.7 cm³/mol. The first kappa shape index (κ1) is 11.1. The second-order valence-electron chi connectivity index (χ2n) is 4.74. The molecule has 1 fully saturated rings. The van der Waals surface area contributed by atoms with Gasteiger partial charge in [0.05, 0.1) is 19.3 Å². The summed E-state index contributed by atoms with van der Waals surface area (Å²) in [5.74, 6) is 0. The SMILES string of the molecule is CCOCC1(CN2CC=CC2CO)CC1. The Morgan fingerprint density at radius 3 is 2.93 bits per heavy atom. The Labute approximate surface area is 91.7 Å². The van der Waals surface area contributed by atoms with Crippen LogP contribution in [-0.2, 0) is 4.74 Å². The van der Waals surface area contributed by atoms with Crippen molar-refractivity contribution in [3.8, 4) is 0 Å². The average Bonchev–Trinajstić information content (AvgIpc) is 2.86. The van der Waals surface area contributed by atoms with E-state index in [1.165, 1.54) is 12.8 Å². The van der Waals surface area contributed by atoms with Crippen molar-refractivity contribution < 1.29 is 9.84 Å². The monoisotopic (exact) mass is 211 g/mol. The van der Waals surface area contributed by atoms with Crippen LogP contribution in [0.5, 0.6) is 0 Å². The molecular weight excluding hydrogens is 190 g/mol. The minimum Gasteiger partial charge on any atom is -0.394 e. The van der Waals surface area contributed by atoms with E-state index in [1.807, 2.05) is 6.92 Å². The van der Waals surface area contributed by atoms with Gasteiger partial charge in [-0.05, 0) is 19.8 Å². The van der Waals surface area contributed by atoms with Gasteiger partial charge in [0.1, 0.15) is 0 Å². The normalized spacial score (nSPS) is 28.5. The van der Waals surface area contributed by atoms with E-state index in [4.69, 9.17) is 4.74 Å². The van der Waals surface area contributed by atoms with Crippen molar-refractivity contribution in [2.24, 2.45) is 5.41 Å². The third-order valence-electron chi connectivity index (χ3n) is 3.46. The molecule has 0 aromatic rings. The first-order chi connectivity index (χ1) is 7.29. The number of nitrogens with zero attached hydrogens (tertiary/aromatic N) is 1. The molecule has 1 heterocycles. The van der Waals surface area contributed by atoms with Crippen LogP contribution in [0.2, 0.25) is 0 Å². The molecule has 3 nitrogen and oxygen atoms in total.